The molecule has 0 atom stereocenters. The first-order chi connectivity index (χ1) is 9.49. The van der Waals surface area contributed by atoms with E-state index < -0.39 is 15.8 Å². The van der Waals surface area contributed by atoms with Gasteiger partial charge in [0.25, 0.3) is 0 Å². The summed E-state index contributed by atoms with van der Waals surface area (Å²) < 4.78 is 39.7. The summed E-state index contributed by atoms with van der Waals surface area (Å²) in [6.45, 7) is 0.310. The topological polar surface area (TPSA) is 72.2 Å². The second-order valence-corrected chi connectivity index (χ2v) is 6.67. The van der Waals surface area contributed by atoms with Crippen LogP contribution >= 0.6 is 0 Å². The Kier molecular flexibility index (Phi) is 4.77. The Hall–Kier alpha value is -1.40. The highest BCUT2D eigenvalue weighted by Crippen LogP contribution is 2.21. The van der Waals surface area contributed by atoms with Gasteiger partial charge in [-0.15, -0.1) is 0 Å². The predicted octanol–water partition coefficient (Wildman–Crippen LogP) is 2.58. The van der Waals surface area contributed by atoms with E-state index in [1.54, 1.807) is 0 Å². The number of halogens is 1. The molecule has 110 valence electrons. The summed E-state index contributed by atoms with van der Waals surface area (Å²) in [7, 11) is -3.76. The van der Waals surface area contributed by atoms with Crippen molar-refractivity contribution in [3.63, 3.8) is 0 Å². The maximum atomic E-state index is 13.1. The maximum absolute atomic E-state index is 13.1. The predicted molar refractivity (Wildman–Crippen MR) is 77.2 cm³/mol. The molecule has 1 aliphatic rings. The van der Waals surface area contributed by atoms with E-state index in [0.29, 0.717) is 13.0 Å². The quantitative estimate of drug-likeness (QED) is 0.648. The minimum Gasteiger partial charge on any atom is -0.398 e. The number of sulfonamides is 1. The van der Waals surface area contributed by atoms with Gasteiger partial charge in [0.05, 0.1) is 5.69 Å². The lowest BCUT2D eigenvalue weighted by molar-refractivity contribution is 0.576. The molecule has 0 fully saturated rings. The van der Waals surface area contributed by atoms with Crippen LogP contribution in [0, 0.1) is 5.82 Å². The highest BCUT2D eigenvalue weighted by molar-refractivity contribution is 7.89. The first-order valence-corrected chi connectivity index (χ1v) is 8.20. The third kappa shape index (κ3) is 3.80. The molecule has 0 spiro atoms. The van der Waals surface area contributed by atoms with Crippen LogP contribution < -0.4 is 10.5 Å². The molecule has 20 heavy (non-hydrogen) atoms. The van der Waals surface area contributed by atoms with E-state index in [4.69, 9.17) is 5.73 Å². The van der Waals surface area contributed by atoms with Gasteiger partial charge in [-0.3, -0.25) is 0 Å². The number of nitrogens with two attached hydrogens (primary N) is 1. The van der Waals surface area contributed by atoms with Crippen LogP contribution in [0.3, 0.4) is 0 Å². The molecule has 2 rings (SSSR count). The second kappa shape index (κ2) is 6.37. The fourth-order valence-electron chi connectivity index (χ4n) is 2.30. The van der Waals surface area contributed by atoms with Gasteiger partial charge in [-0.1, -0.05) is 11.6 Å². The molecule has 4 nitrogen and oxygen atoms in total. The standard InChI is InChI=1S/C14H19FN2O2S/c15-12-6-7-13(16)14(10-12)20(18,19)17-9-8-11-4-2-1-3-5-11/h4,6-7,10,17H,1-3,5,8-9,16H2. The molecule has 1 aliphatic carbocycles. The van der Waals surface area contributed by atoms with Crippen molar-refractivity contribution in [2.75, 3.05) is 12.3 Å². The zero-order valence-electron chi connectivity index (χ0n) is 11.2. The number of anilines is 1. The Labute approximate surface area is 118 Å². The number of allylic oxidation sites excluding steroid dienone is 1. The average Bonchev–Trinajstić information content (AvgIpc) is 2.42. The maximum Gasteiger partial charge on any atom is 0.242 e. The van der Waals surface area contributed by atoms with Crippen molar-refractivity contribution in [3.8, 4) is 0 Å². The van der Waals surface area contributed by atoms with Crippen molar-refractivity contribution in [1.82, 2.24) is 4.72 Å². The molecular formula is C14H19FN2O2S. The van der Waals surface area contributed by atoms with Crippen molar-refractivity contribution < 1.29 is 12.8 Å². The smallest absolute Gasteiger partial charge is 0.242 e. The normalized spacial score (nSPS) is 15.9. The highest BCUT2D eigenvalue weighted by Gasteiger charge is 2.18. The third-order valence-electron chi connectivity index (χ3n) is 3.39. The van der Waals surface area contributed by atoms with Gasteiger partial charge in [0, 0.05) is 6.54 Å². The van der Waals surface area contributed by atoms with Crippen molar-refractivity contribution in [3.05, 3.63) is 35.7 Å². The number of hydrogen-bond donors (Lipinski definition) is 2. The number of hydrogen-bond acceptors (Lipinski definition) is 3. The summed E-state index contributed by atoms with van der Waals surface area (Å²) in [5.74, 6) is -0.616. The van der Waals surface area contributed by atoms with Gasteiger partial charge in [-0.2, -0.15) is 0 Å². The molecule has 0 heterocycles. The number of rotatable bonds is 5. The Balaban J connectivity index is 2.00. The van der Waals surface area contributed by atoms with Crippen LogP contribution in [0.2, 0.25) is 0 Å². The molecule has 3 N–H and O–H groups in total. The highest BCUT2D eigenvalue weighted by atomic mass is 32.2. The number of nitrogens with one attached hydrogen (secondary N) is 1. The van der Waals surface area contributed by atoms with E-state index in [0.717, 1.165) is 31.4 Å². The summed E-state index contributed by atoms with van der Waals surface area (Å²) >= 11 is 0. The summed E-state index contributed by atoms with van der Waals surface area (Å²) in [5, 5.41) is 0. The molecule has 0 bridgehead atoms. The number of nitrogen functional groups attached to an aromatic ring is 1. The van der Waals surface area contributed by atoms with Crippen molar-refractivity contribution >= 4 is 15.7 Å². The Morgan fingerprint density at radius 1 is 1.30 bits per heavy atom. The lowest BCUT2D eigenvalue weighted by atomic mass is 9.97. The minimum atomic E-state index is -3.76. The summed E-state index contributed by atoms with van der Waals surface area (Å²) in [5.41, 5.74) is 6.93. The molecule has 0 aliphatic heterocycles. The third-order valence-corrected chi connectivity index (χ3v) is 4.91. The van der Waals surface area contributed by atoms with Crippen LogP contribution in [0.5, 0.6) is 0 Å². The van der Waals surface area contributed by atoms with Gasteiger partial charge < -0.3 is 5.73 Å². The molecule has 0 aromatic heterocycles. The number of benzene rings is 1. The Morgan fingerprint density at radius 3 is 2.80 bits per heavy atom. The molecular weight excluding hydrogens is 279 g/mol. The lowest BCUT2D eigenvalue weighted by Gasteiger charge is -2.13. The van der Waals surface area contributed by atoms with Gasteiger partial charge in [0.1, 0.15) is 10.7 Å². The molecule has 0 saturated carbocycles. The molecule has 0 amide bonds. The van der Waals surface area contributed by atoms with Crippen LogP contribution in [0.4, 0.5) is 10.1 Å². The largest absolute Gasteiger partial charge is 0.398 e. The summed E-state index contributed by atoms with van der Waals surface area (Å²) in [4.78, 5) is -0.199. The molecule has 0 unspecified atom stereocenters. The zero-order chi connectivity index (χ0) is 14.6. The fourth-order valence-corrected chi connectivity index (χ4v) is 3.47. The first-order valence-electron chi connectivity index (χ1n) is 6.71. The van der Waals surface area contributed by atoms with Crippen molar-refractivity contribution in [1.29, 1.82) is 0 Å². The zero-order valence-corrected chi connectivity index (χ0v) is 12.0. The van der Waals surface area contributed by atoms with E-state index in [9.17, 15) is 12.8 Å². The van der Waals surface area contributed by atoms with Crippen LogP contribution in [-0.4, -0.2) is 15.0 Å². The lowest BCUT2D eigenvalue weighted by Crippen LogP contribution is -2.26. The van der Waals surface area contributed by atoms with Gasteiger partial charge >= 0.3 is 0 Å². The molecule has 1 aromatic carbocycles. The van der Waals surface area contributed by atoms with Crippen LogP contribution in [0.25, 0.3) is 0 Å². The van der Waals surface area contributed by atoms with E-state index in [-0.39, 0.29) is 10.6 Å². The van der Waals surface area contributed by atoms with Crippen molar-refractivity contribution in [2.45, 2.75) is 37.0 Å². The van der Waals surface area contributed by atoms with E-state index >= 15 is 0 Å². The second-order valence-electron chi connectivity index (χ2n) is 4.94. The van der Waals surface area contributed by atoms with Crippen LogP contribution in [-0.2, 0) is 10.0 Å². The Bertz CT molecular complexity index is 612. The van der Waals surface area contributed by atoms with Crippen LogP contribution in [0.15, 0.2) is 34.7 Å². The van der Waals surface area contributed by atoms with Crippen LogP contribution in [0.1, 0.15) is 32.1 Å². The van der Waals surface area contributed by atoms with Gasteiger partial charge in [0.2, 0.25) is 10.0 Å². The molecule has 6 heteroatoms. The Morgan fingerprint density at radius 2 is 2.10 bits per heavy atom. The molecule has 0 saturated heterocycles. The fraction of sp³-hybridized carbons (Fsp3) is 0.429. The summed E-state index contributed by atoms with van der Waals surface area (Å²) in [6.07, 6.45) is 7.33. The van der Waals surface area contributed by atoms with Gasteiger partial charge in [-0.25, -0.2) is 17.5 Å². The average molecular weight is 298 g/mol. The van der Waals surface area contributed by atoms with Gasteiger partial charge in [-0.05, 0) is 50.3 Å². The SMILES string of the molecule is Nc1ccc(F)cc1S(=O)(=O)NCCC1=CCCCC1. The summed E-state index contributed by atoms with van der Waals surface area (Å²) in [6, 6.07) is 3.34. The minimum absolute atomic E-state index is 0.0516. The van der Waals surface area contributed by atoms with E-state index in [1.165, 1.54) is 18.1 Å². The van der Waals surface area contributed by atoms with E-state index in [1.807, 2.05) is 0 Å². The first kappa shape index (κ1) is 15.0. The molecule has 0 radical (unpaired) electrons. The van der Waals surface area contributed by atoms with Gasteiger partial charge in [0.15, 0.2) is 0 Å². The monoisotopic (exact) mass is 298 g/mol. The van der Waals surface area contributed by atoms with Crippen molar-refractivity contribution in [2.24, 2.45) is 0 Å². The molecule has 1 aromatic rings. The van der Waals surface area contributed by atoms with E-state index in [2.05, 4.69) is 10.8 Å².